The first-order valence-corrected chi connectivity index (χ1v) is 10.9. The van der Waals surface area contributed by atoms with Crippen LogP contribution in [-0.2, 0) is 4.79 Å². The van der Waals surface area contributed by atoms with Gasteiger partial charge in [0.1, 0.15) is 5.69 Å². The van der Waals surface area contributed by atoms with E-state index in [-0.39, 0.29) is 18.4 Å². The minimum absolute atomic E-state index is 0.202. The van der Waals surface area contributed by atoms with Gasteiger partial charge in [0.25, 0.3) is 5.91 Å². The van der Waals surface area contributed by atoms with Crippen molar-refractivity contribution in [2.24, 2.45) is 0 Å². The van der Waals surface area contributed by atoms with Gasteiger partial charge >= 0.3 is 0 Å². The molecule has 0 unspecified atom stereocenters. The molecule has 0 fully saturated rings. The zero-order valence-corrected chi connectivity index (χ0v) is 19.1. The van der Waals surface area contributed by atoms with Crippen LogP contribution in [0.15, 0.2) is 79.0 Å². The van der Waals surface area contributed by atoms with E-state index >= 15 is 0 Å². The Kier molecular flexibility index (Phi) is 6.56. The number of nitrogens with one attached hydrogen (secondary N) is 2. The molecule has 3 aromatic carbocycles. The maximum absolute atomic E-state index is 13.1. The monoisotopic (exact) mass is 458 g/mol. The Morgan fingerprint density at radius 1 is 0.970 bits per heavy atom. The summed E-state index contributed by atoms with van der Waals surface area (Å²) in [5.74, 6) is -0.761. The van der Waals surface area contributed by atoms with Crippen molar-refractivity contribution < 1.29 is 9.59 Å². The summed E-state index contributed by atoms with van der Waals surface area (Å²) in [6.07, 6.45) is 1.68. The molecule has 0 saturated heterocycles. The molecule has 2 amide bonds. The third-order valence-electron chi connectivity index (χ3n) is 5.19. The fraction of sp³-hybridized carbons (Fsp3) is 0.115. The third kappa shape index (κ3) is 5.13. The van der Waals surface area contributed by atoms with Gasteiger partial charge in [0.15, 0.2) is 0 Å². The van der Waals surface area contributed by atoms with E-state index in [1.54, 1.807) is 23.0 Å². The van der Waals surface area contributed by atoms with Crippen LogP contribution in [0.1, 0.15) is 21.5 Å². The minimum atomic E-state index is -0.388. The summed E-state index contributed by atoms with van der Waals surface area (Å²) in [7, 11) is 0. The summed E-state index contributed by atoms with van der Waals surface area (Å²) in [5.41, 5.74) is 5.11. The number of benzene rings is 3. The molecule has 7 heteroatoms. The maximum Gasteiger partial charge on any atom is 0.255 e. The van der Waals surface area contributed by atoms with Crippen LogP contribution in [0.5, 0.6) is 0 Å². The molecule has 0 saturated carbocycles. The Labute approximate surface area is 197 Å². The molecule has 0 aliphatic carbocycles. The SMILES string of the molecule is Cc1ccc(NC(=O)CNC(=O)c2cn(-c3ccccc3)nc2-c2ccccc2C)c(Cl)c1. The Hall–Kier alpha value is -3.90. The van der Waals surface area contributed by atoms with Gasteiger partial charge in [-0.2, -0.15) is 5.10 Å². The Morgan fingerprint density at radius 3 is 2.42 bits per heavy atom. The fourth-order valence-electron chi connectivity index (χ4n) is 3.46. The lowest BCUT2D eigenvalue weighted by Crippen LogP contribution is -2.33. The van der Waals surface area contributed by atoms with E-state index in [2.05, 4.69) is 15.7 Å². The summed E-state index contributed by atoms with van der Waals surface area (Å²) in [6, 6.07) is 22.7. The average Bonchev–Trinajstić information content (AvgIpc) is 3.26. The van der Waals surface area contributed by atoms with Crippen molar-refractivity contribution in [3.63, 3.8) is 0 Å². The number of aryl methyl sites for hydroxylation is 2. The number of carbonyl (C=O) groups excluding carboxylic acids is 2. The predicted octanol–water partition coefficient (Wildman–Crippen LogP) is 5.18. The van der Waals surface area contributed by atoms with E-state index in [1.165, 1.54) is 0 Å². The number of hydrogen-bond donors (Lipinski definition) is 2. The van der Waals surface area contributed by atoms with Gasteiger partial charge in [-0.3, -0.25) is 9.59 Å². The van der Waals surface area contributed by atoms with Gasteiger partial charge in [0, 0.05) is 11.8 Å². The molecule has 0 radical (unpaired) electrons. The molecule has 6 nitrogen and oxygen atoms in total. The lowest BCUT2D eigenvalue weighted by Gasteiger charge is -2.09. The maximum atomic E-state index is 13.1. The molecule has 1 aromatic heterocycles. The summed E-state index contributed by atoms with van der Waals surface area (Å²) in [6.45, 7) is 3.68. The van der Waals surface area contributed by atoms with Crippen LogP contribution >= 0.6 is 11.6 Å². The number of amides is 2. The topological polar surface area (TPSA) is 76.0 Å². The van der Waals surface area contributed by atoms with Crippen LogP contribution in [-0.4, -0.2) is 28.1 Å². The second kappa shape index (κ2) is 9.71. The Balaban J connectivity index is 1.56. The number of hydrogen-bond acceptors (Lipinski definition) is 3. The van der Waals surface area contributed by atoms with Gasteiger partial charge in [0.05, 0.1) is 28.5 Å². The number of rotatable bonds is 6. The summed E-state index contributed by atoms with van der Waals surface area (Å²) >= 11 is 6.18. The van der Waals surface area contributed by atoms with Crippen LogP contribution < -0.4 is 10.6 Å². The molecule has 0 bridgehead atoms. The summed E-state index contributed by atoms with van der Waals surface area (Å²) in [5, 5.41) is 10.6. The van der Waals surface area contributed by atoms with Crippen LogP contribution in [0.4, 0.5) is 5.69 Å². The van der Waals surface area contributed by atoms with Crippen molar-refractivity contribution in [3.8, 4) is 16.9 Å². The molecule has 1 heterocycles. The van der Waals surface area contributed by atoms with E-state index in [9.17, 15) is 9.59 Å². The van der Waals surface area contributed by atoms with Crippen molar-refractivity contribution in [3.05, 3.63) is 101 Å². The summed E-state index contributed by atoms with van der Waals surface area (Å²) < 4.78 is 1.67. The zero-order chi connectivity index (χ0) is 23.4. The molecular formula is C26H23ClN4O2. The van der Waals surface area contributed by atoms with Gasteiger partial charge < -0.3 is 10.6 Å². The Morgan fingerprint density at radius 2 is 1.70 bits per heavy atom. The average molecular weight is 459 g/mol. The largest absolute Gasteiger partial charge is 0.343 e. The van der Waals surface area contributed by atoms with Crippen molar-refractivity contribution in [1.82, 2.24) is 15.1 Å². The molecule has 0 aliphatic heterocycles. The minimum Gasteiger partial charge on any atom is -0.343 e. The lowest BCUT2D eigenvalue weighted by molar-refractivity contribution is -0.115. The van der Waals surface area contributed by atoms with Crippen LogP contribution in [0.2, 0.25) is 5.02 Å². The first kappa shape index (κ1) is 22.3. The highest BCUT2D eigenvalue weighted by molar-refractivity contribution is 6.33. The Bertz CT molecular complexity index is 1320. The van der Waals surface area contributed by atoms with Gasteiger partial charge in [-0.15, -0.1) is 0 Å². The standard InChI is InChI=1S/C26H23ClN4O2/c1-17-12-13-23(22(27)14-17)29-24(32)15-28-26(33)21-16-31(19-9-4-3-5-10-19)30-25(21)20-11-7-6-8-18(20)2/h3-14,16H,15H2,1-2H3,(H,28,33)(H,29,32). The number of para-hydroxylation sites is 1. The van der Waals surface area contributed by atoms with Crippen LogP contribution in [0, 0.1) is 13.8 Å². The first-order valence-electron chi connectivity index (χ1n) is 10.5. The van der Waals surface area contributed by atoms with Crippen molar-refractivity contribution in [2.45, 2.75) is 13.8 Å². The fourth-order valence-corrected chi connectivity index (χ4v) is 3.74. The molecule has 2 N–H and O–H groups in total. The van der Waals surface area contributed by atoms with E-state index in [0.29, 0.717) is 22.0 Å². The molecule has 4 rings (SSSR count). The highest BCUT2D eigenvalue weighted by atomic mass is 35.5. The molecule has 0 atom stereocenters. The van der Waals surface area contributed by atoms with Gasteiger partial charge in [-0.25, -0.2) is 4.68 Å². The molecule has 0 aliphatic rings. The second-order valence-corrected chi connectivity index (χ2v) is 8.11. The third-order valence-corrected chi connectivity index (χ3v) is 5.50. The van der Waals surface area contributed by atoms with Crippen molar-refractivity contribution in [2.75, 3.05) is 11.9 Å². The molecular weight excluding hydrogens is 436 g/mol. The van der Waals surface area contributed by atoms with E-state index in [1.807, 2.05) is 74.5 Å². The van der Waals surface area contributed by atoms with Crippen LogP contribution in [0.3, 0.4) is 0 Å². The van der Waals surface area contributed by atoms with Gasteiger partial charge in [-0.05, 0) is 49.2 Å². The number of anilines is 1. The van der Waals surface area contributed by atoms with E-state index in [4.69, 9.17) is 11.6 Å². The number of nitrogens with zero attached hydrogens (tertiary/aromatic N) is 2. The summed E-state index contributed by atoms with van der Waals surface area (Å²) in [4.78, 5) is 25.5. The highest BCUT2D eigenvalue weighted by Gasteiger charge is 2.20. The van der Waals surface area contributed by atoms with Crippen molar-refractivity contribution >= 4 is 29.1 Å². The number of halogens is 1. The number of carbonyl (C=O) groups is 2. The second-order valence-electron chi connectivity index (χ2n) is 7.70. The normalized spacial score (nSPS) is 10.6. The number of aromatic nitrogens is 2. The van der Waals surface area contributed by atoms with Gasteiger partial charge in [0.2, 0.25) is 5.91 Å². The lowest BCUT2D eigenvalue weighted by atomic mass is 10.0. The highest BCUT2D eigenvalue weighted by Crippen LogP contribution is 2.27. The van der Waals surface area contributed by atoms with Crippen LogP contribution in [0.25, 0.3) is 16.9 Å². The van der Waals surface area contributed by atoms with E-state index < -0.39 is 0 Å². The zero-order valence-electron chi connectivity index (χ0n) is 18.3. The smallest absolute Gasteiger partial charge is 0.255 e. The van der Waals surface area contributed by atoms with Gasteiger partial charge in [-0.1, -0.05) is 60.1 Å². The first-order chi connectivity index (χ1) is 15.9. The quantitative estimate of drug-likeness (QED) is 0.418. The van der Waals surface area contributed by atoms with E-state index in [0.717, 1.165) is 22.4 Å². The molecule has 0 spiro atoms. The molecule has 33 heavy (non-hydrogen) atoms. The van der Waals surface area contributed by atoms with Crippen molar-refractivity contribution in [1.29, 1.82) is 0 Å². The molecule has 4 aromatic rings. The molecule has 166 valence electrons. The predicted molar refractivity (Wildman–Crippen MR) is 131 cm³/mol.